The molecule has 3 atom stereocenters. The van der Waals surface area contributed by atoms with Crippen LogP contribution in [0.2, 0.25) is 0 Å². The lowest BCUT2D eigenvalue weighted by molar-refractivity contribution is -0.125. The van der Waals surface area contributed by atoms with Gasteiger partial charge >= 0.3 is 0 Å². The number of rotatable bonds is 5. The van der Waals surface area contributed by atoms with E-state index in [0.29, 0.717) is 0 Å². The Hall–Kier alpha value is -1.39. The van der Waals surface area contributed by atoms with Gasteiger partial charge in [0.15, 0.2) is 0 Å². The van der Waals surface area contributed by atoms with Crippen molar-refractivity contribution in [2.45, 2.75) is 38.5 Å². The number of amides is 1. The zero-order valence-electron chi connectivity index (χ0n) is 10.3. The van der Waals surface area contributed by atoms with Crippen LogP contribution in [0.15, 0.2) is 30.3 Å². The van der Waals surface area contributed by atoms with Gasteiger partial charge in [0.1, 0.15) is 6.04 Å². The molecule has 1 amide bonds. The average molecular weight is 236 g/mol. The van der Waals surface area contributed by atoms with E-state index in [2.05, 4.69) is 5.32 Å². The van der Waals surface area contributed by atoms with Crippen molar-refractivity contribution in [3.63, 3.8) is 0 Å². The third kappa shape index (κ3) is 4.54. The van der Waals surface area contributed by atoms with Crippen LogP contribution >= 0.6 is 0 Å². The van der Waals surface area contributed by atoms with Crippen LogP contribution in [0.5, 0.6) is 0 Å². The zero-order chi connectivity index (χ0) is 12.8. The van der Waals surface area contributed by atoms with Gasteiger partial charge in [-0.05, 0) is 25.8 Å². The van der Waals surface area contributed by atoms with Gasteiger partial charge in [0, 0.05) is 6.04 Å². The van der Waals surface area contributed by atoms with E-state index in [9.17, 15) is 9.90 Å². The number of carbonyl (C=O) groups is 1. The lowest BCUT2D eigenvalue weighted by Crippen LogP contribution is -2.50. The third-order valence-corrected chi connectivity index (χ3v) is 2.60. The van der Waals surface area contributed by atoms with E-state index < -0.39 is 12.1 Å². The van der Waals surface area contributed by atoms with Gasteiger partial charge in [0.25, 0.3) is 0 Å². The first-order valence-corrected chi connectivity index (χ1v) is 5.78. The molecule has 0 heterocycles. The van der Waals surface area contributed by atoms with Gasteiger partial charge in [-0.2, -0.15) is 0 Å². The topological polar surface area (TPSA) is 75.3 Å². The monoisotopic (exact) mass is 236 g/mol. The average Bonchev–Trinajstić information content (AvgIpc) is 2.28. The third-order valence-electron chi connectivity index (χ3n) is 2.60. The maximum atomic E-state index is 11.6. The fourth-order valence-corrected chi connectivity index (χ4v) is 1.58. The van der Waals surface area contributed by atoms with E-state index in [1.165, 1.54) is 6.92 Å². The second-order valence-corrected chi connectivity index (χ2v) is 4.37. The number of benzene rings is 1. The van der Waals surface area contributed by atoms with Crippen molar-refractivity contribution in [3.05, 3.63) is 35.9 Å². The number of nitrogens with one attached hydrogen (secondary N) is 1. The molecule has 1 aromatic rings. The standard InChI is InChI=1S/C13H20N2O2/c1-9(8-11-6-4-3-5-7-11)15-13(17)12(14)10(2)16/h3-7,9-10,12,16H,8,14H2,1-2H3,(H,15,17)/t9-,10?,12-/m0/s1. The van der Waals surface area contributed by atoms with E-state index >= 15 is 0 Å². The number of aliphatic hydroxyl groups is 1. The Kier molecular flexibility index (Phi) is 5.12. The fraction of sp³-hybridized carbons (Fsp3) is 0.462. The second-order valence-electron chi connectivity index (χ2n) is 4.37. The van der Waals surface area contributed by atoms with Crippen LogP contribution in [-0.4, -0.2) is 29.2 Å². The molecule has 0 saturated carbocycles. The van der Waals surface area contributed by atoms with Gasteiger partial charge < -0.3 is 16.2 Å². The Morgan fingerprint density at radius 3 is 2.47 bits per heavy atom. The first kappa shape index (κ1) is 13.7. The molecule has 1 unspecified atom stereocenters. The van der Waals surface area contributed by atoms with Gasteiger partial charge in [0.05, 0.1) is 6.10 Å². The maximum Gasteiger partial charge on any atom is 0.239 e. The summed E-state index contributed by atoms with van der Waals surface area (Å²) in [6.07, 6.45) is -0.0852. The maximum absolute atomic E-state index is 11.6. The van der Waals surface area contributed by atoms with E-state index in [-0.39, 0.29) is 11.9 Å². The molecular formula is C13H20N2O2. The van der Waals surface area contributed by atoms with Crippen LogP contribution in [-0.2, 0) is 11.2 Å². The molecule has 0 aliphatic rings. The van der Waals surface area contributed by atoms with Crippen LogP contribution in [0.4, 0.5) is 0 Å². The predicted octanol–water partition coefficient (Wildman–Crippen LogP) is 0.442. The van der Waals surface area contributed by atoms with Crippen molar-refractivity contribution < 1.29 is 9.90 Å². The lowest BCUT2D eigenvalue weighted by Gasteiger charge is -2.19. The van der Waals surface area contributed by atoms with Crippen molar-refractivity contribution in [1.29, 1.82) is 0 Å². The van der Waals surface area contributed by atoms with Crippen LogP contribution in [0.25, 0.3) is 0 Å². The highest BCUT2D eigenvalue weighted by atomic mass is 16.3. The SMILES string of the molecule is CC(O)[C@H](N)C(=O)N[C@@H](C)Cc1ccccc1. The molecule has 0 radical (unpaired) electrons. The Balaban J connectivity index is 2.45. The second kappa shape index (κ2) is 6.37. The number of carbonyl (C=O) groups excluding carboxylic acids is 1. The van der Waals surface area contributed by atoms with E-state index in [1.807, 2.05) is 37.3 Å². The summed E-state index contributed by atoms with van der Waals surface area (Å²) in [5.41, 5.74) is 6.70. The number of nitrogens with two attached hydrogens (primary N) is 1. The Bertz CT molecular complexity index is 352. The van der Waals surface area contributed by atoms with Gasteiger partial charge in [0.2, 0.25) is 5.91 Å². The van der Waals surface area contributed by atoms with Gasteiger partial charge in [-0.15, -0.1) is 0 Å². The fourth-order valence-electron chi connectivity index (χ4n) is 1.58. The molecule has 17 heavy (non-hydrogen) atoms. The summed E-state index contributed by atoms with van der Waals surface area (Å²) >= 11 is 0. The molecule has 0 aliphatic heterocycles. The molecule has 0 spiro atoms. The molecule has 4 N–H and O–H groups in total. The van der Waals surface area contributed by atoms with Crippen LogP contribution in [0, 0.1) is 0 Å². The van der Waals surface area contributed by atoms with E-state index in [0.717, 1.165) is 12.0 Å². The van der Waals surface area contributed by atoms with Crippen molar-refractivity contribution in [3.8, 4) is 0 Å². The summed E-state index contributed by atoms with van der Waals surface area (Å²) in [5, 5.41) is 12.0. The Labute approximate surface area is 102 Å². The van der Waals surface area contributed by atoms with Crippen LogP contribution in [0.1, 0.15) is 19.4 Å². The summed E-state index contributed by atoms with van der Waals surface area (Å²) in [6, 6.07) is 9.03. The summed E-state index contributed by atoms with van der Waals surface area (Å²) in [4.78, 5) is 11.6. The lowest BCUT2D eigenvalue weighted by atomic mass is 10.1. The summed E-state index contributed by atoms with van der Waals surface area (Å²) in [5.74, 6) is -0.316. The highest BCUT2D eigenvalue weighted by Gasteiger charge is 2.20. The molecule has 0 saturated heterocycles. The van der Waals surface area contributed by atoms with Crippen molar-refractivity contribution >= 4 is 5.91 Å². The summed E-state index contributed by atoms with van der Waals surface area (Å²) in [7, 11) is 0. The smallest absolute Gasteiger partial charge is 0.239 e. The highest BCUT2D eigenvalue weighted by molar-refractivity contribution is 5.82. The van der Waals surface area contributed by atoms with Gasteiger partial charge in [-0.3, -0.25) is 4.79 Å². The zero-order valence-corrected chi connectivity index (χ0v) is 10.3. The van der Waals surface area contributed by atoms with Crippen molar-refractivity contribution in [2.24, 2.45) is 5.73 Å². The Morgan fingerprint density at radius 2 is 1.94 bits per heavy atom. The van der Waals surface area contributed by atoms with Crippen LogP contribution in [0.3, 0.4) is 0 Å². The predicted molar refractivity (Wildman–Crippen MR) is 67.4 cm³/mol. The molecule has 4 heteroatoms. The minimum Gasteiger partial charge on any atom is -0.391 e. The molecule has 4 nitrogen and oxygen atoms in total. The van der Waals surface area contributed by atoms with Gasteiger partial charge in [-0.1, -0.05) is 30.3 Å². The molecule has 0 fully saturated rings. The van der Waals surface area contributed by atoms with Gasteiger partial charge in [-0.25, -0.2) is 0 Å². The molecule has 1 rings (SSSR count). The quantitative estimate of drug-likeness (QED) is 0.694. The van der Waals surface area contributed by atoms with Crippen molar-refractivity contribution in [1.82, 2.24) is 5.32 Å². The normalized spacial score (nSPS) is 16.0. The molecule has 0 bridgehead atoms. The number of hydrogen-bond acceptors (Lipinski definition) is 3. The minimum atomic E-state index is -0.867. The van der Waals surface area contributed by atoms with E-state index in [1.54, 1.807) is 0 Å². The minimum absolute atomic E-state index is 0.00491. The highest BCUT2D eigenvalue weighted by Crippen LogP contribution is 2.03. The Morgan fingerprint density at radius 1 is 1.35 bits per heavy atom. The molecule has 94 valence electrons. The largest absolute Gasteiger partial charge is 0.391 e. The number of hydrogen-bond donors (Lipinski definition) is 3. The number of aliphatic hydroxyl groups excluding tert-OH is 1. The molecule has 0 aliphatic carbocycles. The first-order chi connectivity index (χ1) is 8.00. The summed E-state index contributed by atoms with van der Waals surface area (Å²) < 4.78 is 0. The van der Waals surface area contributed by atoms with Crippen molar-refractivity contribution in [2.75, 3.05) is 0 Å². The van der Waals surface area contributed by atoms with E-state index in [4.69, 9.17) is 5.73 Å². The molecular weight excluding hydrogens is 216 g/mol. The molecule has 1 aromatic carbocycles. The first-order valence-electron chi connectivity index (χ1n) is 5.78. The summed E-state index contributed by atoms with van der Waals surface area (Å²) in [6.45, 7) is 3.42. The van der Waals surface area contributed by atoms with Crippen LogP contribution < -0.4 is 11.1 Å². The molecule has 0 aromatic heterocycles.